The molecule has 156 valence electrons. The number of anilines is 1. The van der Waals surface area contributed by atoms with Gasteiger partial charge in [0.05, 0.1) is 19.2 Å². The van der Waals surface area contributed by atoms with Crippen LogP contribution in [0, 0.1) is 11.8 Å². The maximum Gasteiger partial charge on any atom is 0.310 e. The molecule has 0 aliphatic heterocycles. The van der Waals surface area contributed by atoms with Crippen molar-refractivity contribution in [3.8, 4) is 11.3 Å². The van der Waals surface area contributed by atoms with Gasteiger partial charge in [-0.1, -0.05) is 56.5 Å². The summed E-state index contributed by atoms with van der Waals surface area (Å²) in [7, 11) is 1.38. The van der Waals surface area contributed by atoms with Crippen molar-refractivity contribution in [2.45, 2.75) is 58.3 Å². The van der Waals surface area contributed by atoms with Gasteiger partial charge < -0.3 is 10.1 Å². The van der Waals surface area contributed by atoms with Crippen molar-refractivity contribution in [2.24, 2.45) is 11.8 Å². The summed E-state index contributed by atoms with van der Waals surface area (Å²) in [6, 6.07) is 9.73. The number of rotatable bonds is 8. The lowest BCUT2D eigenvalue weighted by Gasteiger charge is -2.27. The molecule has 2 aromatic rings. The van der Waals surface area contributed by atoms with Crippen LogP contribution in [-0.4, -0.2) is 24.0 Å². The molecule has 1 N–H and O–H groups in total. The van der Waals surface area contributed by atoms with Crippen molar-refractivity contribution >= 4 is 28.3 Å². The van der Waals surface area contributed by atoms with Crippen LogP contribution in [0.4, 0.5) is 5.13 Å². The second-order valence-electron chi connectivity index (χ2n) is 7.76. The molecular formula is C23H30N2O3S. The first-order chi connectivity index (χ1) is 14.1. The number of hydrogen-bond acceptors (Lipinski definition) is 5. The van der Waals surface area contributed by atoms with Gasteiger partial charge in [0.15, 0.2) is 5.13 Å². The minimum Gasteiger partial charge on any atom is -0.469 e. The lowest BCUT2D eigenvalue weighted by atomic mass is 9.79. The number of nitrogens with one attached hydrogen (secondary N) is 1. The molecule has 1 amide bonds. The third-order valence-corrected chi connectivity index (χ3v) is 6.66. The fourth-order valence-electron chi connectivity index (χ4n) is 3.96. The first-order valence-corrected chi connectivity index (χ1v) is 11.3. The minimum absolute atomic E-state index is 0.0527. The van der Waals surface area contributed by atoms with Gasteiger partial charge in [-0.3, -0.25) is 9.59 Å². The van der Waals surface area contributed by atoms with E-state index in [1.165, 1.54) is 37.7 Å². The molecule has 1 saturated carbocycles. The molecule has 0 saturated heterocycles. The Kier molecular flexibility index (Phi) is 7.81. The molecule has 0 spiro atoms. The largest absolute Gasteiger partial charge is 0.469 e. The number of ether oxygens (including phenoxy) is 1. The van der Waals surface area contributed by atoms with Crippen LogP contribution in [0.15, 0.2) is 30.3 Å². The Hall–Kier alpha value is -2.21. The average molecular weight is 415 g/mol. The lowest BCUT2D eigenvalue weighted by molar-refractivity contribution is -0.139. The van der Waals surface area contributed by atoms with Crippen LogP contribution in [0.1, 0.15) is 56.7 Å². The molecule has 3 rings (SSSR count). The van der Waals surface area contributed by atoms with Crippen LogP contribution in [0.3, 0.4) is 0 Å². The first-order valence-electron chi connectivity index (χ1n) is 10.5. The number of methoxy groups -OCH3 is 1. The normalized spacial score (nSPS) is 19.0. The lowest BCUT2D eigenvalue weighted by Crippen LogP contribution is -2.27. The third kappa shape index (κ3) is 5.89. The van der Waals surface area contributed by atoms with Gasteiger partial charge in [0.25, 0.3) is 0 Å². The van der Waals surface area contributed by atoms with E-state index >= 15 is 0 Å². The summed E-state index contributed by atoms with van der Waals surface area (Å²) < 4.78 is 4.82. The summed E-state index contributed by atoms with van der Waals surface area (Å²) in [6.45, 7) is 2.23. The third-order valence-electron chi connectivity index (χ3n) is 5.69. The van der Waals surface area contributed by atoms with Crippen molar-refractivity contribution in [1.82, 2.24) is 4.98 Å². The number of nitrogens with zero attached hydrogens (tertiary/aromatic N) is 1. The fourth-order valence-corrected chi connectivity index (χ4v) is 4.94. The predicted octanol–water partition coefficient (Wildman–Crippen LogP) is 5.46. The van der Waals surface area contributed by atoms with Crippen LogP contribution < -0.4 is 5.32 Å². The zero-order valence-electron chi connectivity index (χ0n) is 17.3. The summed E-state index contributed by atoms with van der Waals surface area (Å²) in [6.07, 6.45) is 8.13. The first kappa shape index (κ1) is 21.5. The highest BCUT2D eigenvalue weighted by Gasteiger charge is 2.27. The second-order valence-corrected chi connectivity index (χ2v) is 8.84. The summed E-state index contributed by atoms with van der Waals surface area (Å²) in [5.74, 6) is 0.572. The molecule has 0 unspecified atom stereocenters. The summed E-state index contributed by atoms with van der Waals surface area (Å²) in [5.41, 5.74) is 1.67. The molecule has 0 radical (unpaired) electrons. The van der Waals surface area contributed by atoms with E-state index in [0.717, 1.165) is 47.7 Å². The van der Waals surface area contributed by atoms with Crippen molar-refractivity contribution < 1.29 is 14.3 Å². The fraction of sp³-hybridized carbons (Fsp3) is 0.522. The van der Waals surface area contributed by atoms with Crippen LogP contribution in [0.5, 0.6) is 0 Å². The number of carbonyl (C=O) groups excluding carboxylic acids is 2. The van der Waals surface area contributed by atoms with Gasteiger partial charge in [0.1, 0.15) is 0 Å². The predicted molar refractivity (Wildman–Crippen MR) is 117 cm³/mol. The van der Waals surface area contributed by atoms with E-state index < -0.39 is 0 Å². The Balaban J connectivity index is 1.67. The standard InChI is InChI=1S/C23H30N2O3S/c1-3-4-8-16-11-13-18(14-12-16)22(27)25-23-24-21(17-9-6-5-7-10-17)19(29-23)15-20(26)28-2/h5-7,9-10,16,18H,3-4,8,11-15H2,1-2H3,(H,24,25,27). The Morgan fingerprint density at radius 2 is 1.90 bits per heavy atom. The van der Waals surface area contributed by atoms with E-state index in [1.807, 2.05) is 30.3 Å². The maximum atomic E-state index is 12.8. The van der Waals surface area contributed by atoms with Crippen LogP contribution in [-0.2, 0) is 20.7 Å². The van der Waals surface area contributed by atoms with Gasteiger partial charge in [-0.25, -0.2) is 4.98 Å². The Morgan fingerprint density at radius 1 is 1.17 bits per heavy atom. The topological polar surface area (TPSA) is 68.3 Å². The van der Waals surface area contributed by atoms with Crippen molar-refractivity contribution in [1.29, 1.82) is 0 Å². The monoisotopic (exact) mass is 414 g/mol. The summed E-state index contributed by atoms with van der Waals surface area (Å²) in [5, 5.41) is 3.56. The zero-order valence-corrected chi connectivity index (χ0v) is 18.1. The number of unbranched alkanes of at least 4 members (excludes halogenated alkanes) is 1. The van der Waals surface area contributed by atoms with Gasteiger partial charge in [-0.05, 0) is 31.6 Å². The van der Waals surface area contributed by atoms with Gasteiger partial charge in [-0.2, -0.15) is 0 Å². The van der Waals surface area contributed by atoms with E-state index in [2.05, 4.69) is 17.2 Å². The number of esters is 1. The molecule has 1 heterocycles. The average Bonchev–Trinajstić information content (AvgIpc) is 3.15. The summed E-state index contributed by atoms with van der Waals surface area (Å²) >= 11 is 1.36. The van der Waals surface area contributed by atoms with Crippen LogP contribution in [0.25, 0.3) is 11.3 Å². The van der Waals surface area contributed by atoms with Gasteiger partial charge >= 0.3 is 5.97 Å². The maximum absolute atomic E-state index is 12.8. The van der Waals surface area contributed by atoms with E-state index in [-0.39, 0.29) is 24.2 Å². The van der Waals surface area contributed by atoms with Crippen molar-refractivity contribution in [3.05, 3.63) is 35.2 Å². The number of carbonyl (C=O) groups is 2. The molecule has 5 nitrogen and oxygen atoms in total. The quantitative estimate of drug-likeness (QED) is 0.582. The minimum atomic E-state index is -0.311. The molecule has 1 fully saturated rings. The second kappa shape index (κ2) is 10.5. The Labute approximate surface area is 176 Å². The van der Waals surface area contributed by atoms with Crippen molar-refractivity contribution in [2.75, 3.05) is 12.4 Å². The molecular weight excluding hydrogens is 384 g/mol. The molecule has 1 aliphatic carbocycles. The number of amides is 1. The number of hydrogen-bond donors (Lipinski definition) is 1. The highest BCUT2D eigenvalue weighted by Crippen LogP contribution is 2.35. The Bertz CT molecular complexity index is 811. The molecule has 6 heteroatoms. The molecule has 1 aliphatic rings. The van der Waals surface area contributed by atoms with Crippen LogP contribution in [0.2, 0.25) is 0 Å². The highest BCUT2D eigenvalue weighted by molar-refractivity contribution is 7.16. The van der Waals surface area contributed by atoms with Gasteiger partial charge in [0.2, 0.25) is 5.91 Å². The van der Waals surface area contributed by atoms with Crippen molar-refractivity contribution in [3.63, 3.8) is 0 Å². The number of benzene rings is 1. The van der Waals surface area contributed by atoms with E-state index in [0.29, 0.717) is 5.13 Å². The molecule has 0 atom stereocenters. The molecule has 29 heavy (non-hydrogen) atoms. The number of thiazole rings is 1. The zero-order chi connectivity index (χ0) is 20.6. The van der Waals surface area contributed by atoms with E-state index in [4.69, 9.17) is 4.74 Å². The van der Waals surface area contributed by atoms with E-state index in [9.17, 15) is 9.59 Å². The van der Waals surface area contributed by atoms with Gasteiger partial charge in [0, 0.05) is 16.4 Å². The summed E-state index contributed by atoms with van der Waals surface area (Å²) in [4.78, 5) is 30.1. The molecule has 1 aromatic heterocycles. The van der Waals surface area contributed by atoms with Crippen LogP contribution >= 0.6 is 11.3 Å². The Morgan fingerprint density at radius 3 is 2.55 bits per heavy atom. The smallest absolute Gasteiger partial charge is 0.310 e. The van der Waals surface area contributed by atoms with E-state index in [1.54, 1.807) is 0 Å². The van der Waals surface area contributed by atoms with Gasteiger partial charge in [-0.15, -0.1) is 11.3 Å². The number of aromatic nitrogens is 1. The molecule has 0 bridgehead atoms. The SMILES string of the molecule is CCCCC1CCC(C(=O)Nc2nc(-c3ccccc3)c(CC(=O)OC)s2)CC1. The molecule has 1 aromatic carbocycles. The highest BCUT2D eigenvalue weighted by atomic mass is 32.1.